The SMILES string of the molecule is CC1=C(C(=O)O)C(c2cccc(-c3cccnc3)c2)C(C(=O)OCCCCN(C)Cc2ccccc2)=C(C)N1. The fourth-order valence-electron chi connectivity index (χ4n) is 5.01. The molecule has 0 spiro atoms. The van der Waals surface area contributed by atoms with Crippen molar-refractivity contribution < 1.29 is 19.4 Å². The van der Waals surface area contributed by atoms with Crippen molar-refractivity contribution in [1.29, 1.82) is 0 Å². The van der Waals surface area contributed by atoms with E-state index in [-0.39, 0.29) is 12.2 Å². The monoisotopic (exact) mass is 525 g/mol. The Balaban J connectivity index is 1.46. The summed E-state index contributed by atoms with van der Waals surface area (Å²) in [6, 6.07) is 21.7. The van der Waals surface area contributed by atoms with Crippen LogP contribution in [0.15, 0.2) is 102 Å². The smallest absolute Gasteiger partial charge is 0.336 e. The van der Waals surface area contributed by atoms with Crippen LogP contribution in [-0.2, 0) is 20.9 Å². The summed E-state index contributed by atoms with van der Waals surface area (Å²) >= 11 is 0. The standard InChI is InChI=1S/C32H35N3O4/c1-22-28(31(36)37)30(26-14-9-13-25(19-26)27-15-10-16-33-20-27)29(23(2)34-22)32(38)39-18-8-7-17-35(3)21-24-11-5-4-6-12-24/h4-6,9-16,19-20,30,34H,7-8,17-18,21H2,1-3H3,(H,36,37). The number of ether oxygens (including phenoxy) is 1. The molecule has 1 unspecified atom stereocenters. The van der Waals surface area contributed by atoms with Crippen LogP contribution in [-0.4, -0.2) is 47.1 Å². The number of carbonyl (C=O) groups excluding carboxylic acids is 1. The van der Waals surface area contributed by atoms with Crippen LogP contribution < -0.4 is 5.32 Å². The highest BCUT2D eigenvalue weighted by Crippen LogP contribution is 2.39. The van der Waals surface area contributed by atoms with Crippen LogP contribution in [0.25, 0.3) is 11.1 Å². The molecule has 0 amide bonds. The molecule has 4 rings (SSSR count). The number of nitrogens with one attached hydrogen (secondary N) is 1. The predicted molar refractivity (Wildman–Crippen MR) is 152 cm³/mol. The van der Waals surface area contributed by atoms with Gasteiger partial charge in [0.25, 0.3) is 0 Å². The third-order valence-corrected chi connectivity index (χ3v) is 6.89. The zero-order valence-electron chi connectivity index (χ0n) is 22.7. The Labute approximate surface area is 229 Å². The van der Waals surface area contributed by atoms with Crippen LogP contribution in [0.2, 0.25) is 0 Å². The number of unbranched alkanes of at least 4 members (excludes halogenated alkanes) is 1. The molecule has 7 heteroatoms. The lowest BCUT2D eigenvalue weighted by atomic mass is 9.79. The van der Waals surface area contributed by atoms with Gasteiger partial charge in [0.1, 0.15) is 0 Å². The first-order valence-corrected chi connectivity index (χ1v) is 13.2. The molecule has 2 N–H and O–H groups in total. The molecule has 7 nitrogen and oxygen atoms in total. The highest BCUT2D eigenvalue weighted by molar-refractivity contribution is 5.99. The molecule has 3 aromatic rings. The summed E-state index contributed by atoms with van der Waals surface area (Å²) in [5.74, 6) is -2.33. The molecular weight excluding hydrogens is 490 g/mol. The number of dihydropyridines is 1. The van der Waals surface area contributed by atoms with Crippen molar-refractivity contribution in [3.8, 4) is 11.1 Å². The number of rotatable bonds is 11. The Morgan fingerprint density at radius 3 is 2.41 bits per heavy atom. The average molecular weight is 526 g/mol. The third-order valence-electron chi connectivity index (χ3n) is 6.89. The van der Waals surface area contributed by atoms with Crippen molar-refractivity contribution in [2.24, 2.45) is 0 Å². The van der Waals surface area contributed by atoms with E-state index in [9.17, 15) is 14.7 Å². The fraction of sp³-hybridized carbons (Fsp3) is 0.281. The lowest BCUT2D eigenvalue weighted by Crippen LogP contribution is -2.32. The van der Waals surface area contributed by atoms with E-state index in [1.807, 2.05) is 54.6 Å². The molecule has 0 fully saturated rings. The first kappa shape index (κ1) is 27.8. The zero-order valence-corrected chi connectivity index (χ0v) is 22.7. The van der Waals surface area contributed by atoms with Gasteiger partial charge in [-0.3, -0.25) is 4.98 Å². The molecule has 1 aliphatic rings. The van der Waals surface area contributed by atoms with Gasteiger partial charge in [-0.25, -0.2) is 9.59 Å². The normalized spacial score (nSPS) is 15.3. The number of carboxylic acid groups (broad SMARTS) is 1. The number of nitrogens with zero attached hydrogens (tertiary/aromatic N) is 2. The Bertz CT molecular complexity index is 1370. The minimum absolute atomic E-state index is 0.137. The lowest BCUT2D eigenvalue weighted by Gasteiger charge is -2.30. The number of esters is 1. The van der Waals surface area contributed by atoms with Gasteiger partial charge in [-0.2, -0.15) is 0 Å². The number of carboxylic acids is 1. The molecule has 1 aromatic heterocycles. The van der Waals surface area contributed by atoms with Crippen LogP contribution in [0.1, 0.15) is 43.7 Å². The predicted octanol–water partition coefficient (Wildman–Crippen LogP) is 5.52. The second kappa shape index (κ2) is 13.0. The molecule has 0 aliphatic carbocycles. The van der Waals surface area contributed by atoms with E-state index in [1.54, 1.807) is 26.2 Å². The summed E-state index contributed by atoms with van der Waals surface area (Å²) in [6.07, 6.45) is 5.06. The number of hydrogen-bond acceptors (Lipinski definition) is 6. The summed E-state index contributed by atoms with van der Waals surface area (Å²) in [5.41, 5.74) is 5.34. The van der Waals surface area contributed by atoms with E-state index in [1.165, 1.54) is 5.56 Å². The van der Waals surface area contributed by atoms with E-state index in [2.05, 4.69) is 34.4 Å². The molecule has 2 heterocycles. The van der Waals surface area contributed by atoms with E-state index in [0.29, 0.717) is 29.0 Å². The van der Waals surface area contributed by atoms with Gasteiger partial charge in [0, 0.05) is 30.3 Å². The highest BCUT2D eigenvalue weighted by Gasteiger charge is 2.37. The molecule has 202 valence electrons. The zero-order chi connectivity index (χ0) is 27.8. The maximum absolute atomic E-state index is 13.4. The summed E-state index contributed by atoms with van der Waals surface area (Å²) in [7, 11) is 2.08. The number of benzene rings is 2. The highest BCUT2D eigenvalue weighted by atomic mass is 16.5. The van der Waals surface area contributed by atoms with Crippen molar-refractivity contribution in [1.82, 2.24) is 15.2 Å². The quantitative estimate of drug-likeness (QED) is 0.251. The molecule has 39 heavy (non-hydrogen) atoms. The lowest BCUT2D eigenvalue weighted by molar-refractivity contribution is -0.139. The van der Waals surface area contributed by atoms with Gasteiger partial charge >= 0.3 is 11.9 Å². The van der Waals surface area contributed by atoms with E-state index in [0.717, 1.165) is 30.6 Å². The van der Waals surface area contributed by atoms with Gasteiger partial charge in [-0.1, -0.05) is 60.7 Å². The minimum atomic E-state index is -1.07. The minimum Gasteiger partial charge on any atom is -0.478 e. The summed E-state index contributed by atoms with van der Waals surface area (Å²) in [6.45, 7) is 5.52. The number of allylic oxidation sites excluding steroid dienone is 2. The fourth-order valence-corrected chi connectivity index (χ4v) is 5.01. The van der Waals surface area contributed by atoms with Gasteiger partial charge in [-0.05, 0) is 68.6 Å². The van der Waals surface area contributed by atoms with E-state index < -0.39 is 17.9 Å². The number of aromatic nitrogens is 1. The van der Waals surface area contributed by atoms with Crippen molar-refractivity contribution in [2.45, 2.75) is 39.2 Å². The van der Waals surface area contributed by atoms with E-state index >= 15 is 0 Å². The Kier molecular flexibility index (Phi) is 9.28. The maximum Gasteiger partial charge on any atom is 0.336 e. The molecule has 1 atom stereocenters. The summed E-state index contributed by atoms with van der Waals surface area (Å²) in [5, 5.41) is 13.2. The van der Waals surface area contributed by atoms with Gasteiger partial charge in [0.05, 0.1) is 23.7 Å². The topological polar surface area (TPSA) is 91.8 Å². The van der Waals surface area contributed by atoms with Gasteiger partial charge in [0.15, 0.2) is 0 Å². The van der Waals surface area contributed by atoms with Gasteiger partial charge in [-0.15, -0.1) is 0 Å². The van der Waals surface area contributed by atoms with Gasteiger partial charge < -0.3 is 20.1 Å². The van der Waals surface area contributed by atoms with Crippen molar-refractivity contribution in [3.05, 3.63) is 113 Å². The largest absolute Gasteiger partial charge is 0.478 e. The van der Waals surface area contributed by atoms with Gasteiger partial charge in [0.2, 0.25) is 0 Å². The number of pyridine rings is 1. The molecular formula is C32H35N3O4. The Hall–Kier alpha value is -4.23. The summed E-state index contributed by atoms with van der Waals surface area (Å²) < 4.78 is 5.70. The Morgan fingerprint density at radius 2 is 1.69 bits per heavy atom. The third kappa shape index (κ3) is 7.00. The van der Waals surface area contributed by atoms with Crippen LogP contribution in [0, 0.1) is 0 Å². The van der Waals surface area contributed by atoms with Crippen molar-refractivity contribution >= 4 is 11.9 Å². The first-order chi connectivity index (χ1) is 18.8. The summed E-state index contributed by atoms with van der Waals surface area (Å²) in [4.78, 5) is 32.2. The van der Waals surface area contributed by atoms with Crippen LogP contribution in [0.5, 0.6) is 0 Å². The molecule has 0 bridgehead atoms. The maximum atomic E-state index is 13.4. The molecule has 1 aliphatic heterocycles. The second-order valence-electron chi connectivity index (χ2n) is 9.87. The van der Waals surface area contributed by atoms with Crippen molar-refractivity contribution in [2.75, 3.05) is 20.2 Å². The first-order valence-electron chi connectivity index (χ1n) is 13.2. The Morgan fingerprint density at radius 1 is 0.949 bits per heavy atom. The van der Waals surface area contributed by atoms with E-state index in [4.69, 9.17) is 4.74 Å². The average Bonchev–Trinajstić information content (AvgIpc) is 2.93. The molecule has 2 aromatic carbocycles. The number of aliphatic carboxylic acids is 1. The van der Waals surface area contributed by atoms with Crippen LogP contribution in [0.4, 0.5) is 0 Å². The van der Waals surface area contributed by atoms with Crippen LogP contribution >= 0.6 is 0 Å². The van der Waals surface area contributed by atoms with Crippen LogP contribution in [0.3, 0.4) is 0 Å². The van der Waals surface area contributed by atoms with Crippen molar-refractivity contribution in [3.63, 3.8) is 0 Å². The second-order valence-corrected chi connectivity index (χ2v) is 9.87. The number of carbonyl (C=O) groups is 2. The molecule has 0 radical (unpaired) electrons. The number of hydrogen-bond donors (Lipinski definition) is 2. The molecule has 0 saturated carbocycles. The molecule has 0 saturated heterocycles.